The fourth-order valence-corrected chi connectivity index (χ4v) is 2.43. The molecule has 1 aliphatic rings. The van der Waals surface area contributed by atoms with Gasteiger partial charge in [0.15, 0.2) is 0 Å². The predicted molar refractivity (Wildman–Crippen MR) is 75.9 cm³/mol. The SMILES string of the molecule is Cc1nc(C(=O)NC2CCCN(c3ncccn3)C2)n[nH]1. The molecule has 8 heteroatoms. The molecule has 2 N–H and O–H groups in total. The summed E-state index contributed by atoms with van der Waals surface area (Å²) >= 11 is 0. The number of nitrogens with zero attached hydrogens (tertiary/aromatic N) is 5. The van der Waals surface area contributed by atoms with Crippen LogP contribution in [0.2, 0.25) is 0 Å². The van der Waals surface area contributed by atoms with Gasteiger partial charge in [-0.1, -0.05) is 0 Å². The van der Waals surface area contributed by atoms with Crippen LogP contribution in [0.1, 0.15) is 29.3 Å². The van der Waals surface area contributed by atoms with Crippen molar-refractivity contribution in [3.63, 3.8) is 0 Å². The van der Waals surface area contributed by atoms with Crippen LogP contribution in [-0.4, -0.2) is 50.2 Å². The predicted octanol–water partition coefficient (Wildman–Crippen LogP) is 0.302. The van der Waals surface area contributed by atoms with Gasteiger partial charge in [-0.2, -0.15) is 0 Å². The van der Waals surface area contributed by atoms with Gasteiger partial charge in [0.05, 0.1) is 0 Å². The van der Waals surface area contributed by atoms with Crippen LogP contribution in [0.5, 0.6) is 0 Å². The number of aryl methyl sites for hydroxylation is 1. The molecule has 0 bridgehead atoms. The minimum Gasteiger partial charge on any atom is -0.345 e. The van der Waals surface area contributed by atoms with Gasteiger partial charge in [-0.3, -0.25) is 9.89 Å². The Bertz CT molecular complexity index is 612. The number of carbonyl (C=O) groups excluding carboxylic acids is 1. The first-order chi connectivity index (χ1) is 10.2. The molecule has 1 amide bonds. The molecule has 8 nitrogen and oxygen atoms in total. The smallest absolute Gasteiger partial charge is 0.291 e. The average Bonchev–Trinajstić information content (AvgIpc) is 2.95. The number of anilines is 1. The lowest BCUT2D eigenvalue weighted by atomic mass is 10.1. The number of piperidine rings is 1. The zero-order valence-electron chi connectivity index (χ0n) is 11.8. The lowest BCUT2D eigenvalue weighted by Crippen LogP contribution is -2.48. The number of amides is 1. The second-order valence-corrected chi connectivity index (χ2v) is 5.05. The number of aromatic nitrogens is 5. The summed E-state index contributed by atoms with van der Waals surface area (Å²) in [5.74, 6) is 1.26. The van der Waals surface area contributed by atoms with E-state index in [1.807, 2.05) is 0 Å². The number of aromatic amines is 1. The minimum absolute atomic E-state index is 0.0499. The Kier molecular flexibility index (Phi) is 3.76. The number of hydrogen-bond acceptors (Lipinski definition) is 6. The third-order valence-electron chi connectivity index (χ3n) is 3.39. The molecule has 1 fully saturated rings. The number of carbonyl (C=O) groups is 1. The van der Waals surface area contributed by atoms with Crippen molar-refractivity contribution in [3.8, 4) is 0 Å². The van der Waals surface area contributed by atoms with Crippen LogP contribution in [0.15, 0.2) is 18.5 Å². The molecule has 110 valence electrons. The molecule has 1 atom stereocenters. The lowest BCUT2D eigenvalue weighted by molar-refractivity contribution is 0.0923. The van der Waals surface area contributed by atoms with Crippen LogP contribution in [0.25, 0.3) is 0 Å². The summed E-state index contributed by atoms with van der Waals surface area (Å²) in [5.41, 5.74) is 0. The van der Waals surface area contributed by atoms with Crippen molar-refractivity contribution >= 4 is 11.9 Å². The Morgan fingerprint density at radius 2 is 2.24 bits per heavy atom. The Hall–Kier alpha value is -2.51. The second-order valence-electron chi connectivity index (χ2n) is 5.05. The third kappa shape index (κ3) is 3.15. The molecule has 3 rings (SSSR count). The van der Waals surface area contributed by atoms with Crippen molar-refractivity contribution in [2.75, 3.05) is 18.0 Å². The van der Waals surface area contributed by atoms with Crippen LogP contribution >= 0.6 is 0 Å². The standard InChI is InChI=1S/C13H17N7O/c1-9-16-11(19-18-9)12(21)17-10-4-2-7-20(8-10)13-14-5-3-6-15-13/h3,5-6,10H,2,4,7-8H2,1H3,(H,17,21)(H,16,18,19). The molecule has 0 spiro atoms. The highest BCUT2D eigenvalue weighted by Gasteiger charge is 2.24. The quantitative estimate of drug-likeness (QED) is 0.842. The first kappa shape index (κ1) is 13.5. The molecule has 2 aromatic rings. The summed E-state index contributed by atoms with van der Waals surface area (Å²) in [4.78, 5) is 26.7. The van der Waals surface area contributed by atoms with Crippen LogP contribution in [0.4, 0.5) is 5.95 Å². The van der Waals surface area contributed by atoms with Gasteiger partial charge in [0.2, 0.25) is 11.8 Å². The number of rotatable bonds is 3. The Balaban J connectivity index is 1.62. The van der Waals surface area contributed by atoms with Gasteiger partial charge >= 0.3 is 0 Å². The van der Waals surface area contributed by atoms with E-state index in [9.17, 15) is 4.79 Å². The maximum absolute atomic E-state index is 12.1. The Morgan fingerprint density at radius 3 is 2.95 bits per heavy atom. The van der Waals surface area contributed by atoms with Crippen molar-refractivity contribution < 1.29 is 4.79 Å². The topological polar surface area (TPSA) is 99.7 Å². The van der Waals surface area contributed by atoms with Gasteiger partial charge in [0.25, 0.3) is 5.91 Å². The molecular formula is C13H17N7O. The van der Waals surface area contributed by atoms with Gasteiger partial charge in [-0.05, 0) is 25.8 Å². The van der Waals surface area contributed by atoms with Crippen molar-refractivity contribution in [2.45, 2.75) is 25.8 Å². The molecule has 0 aliphatic carbocycles. The molecule has 0 saturated carbocycles. The second kappa shape index (κ2) is 5.86. The van der Waals surface area contributed by atoms with Crippen LogP contribution in [0.3, 0.4) is 0 Å². The molecule has 21 heavy (non-hydrogen) atoms. The zero-order valence-corrected chi connectivity index (χ0v) is 11.8. The average molecular weight is 287 g/mol. The third-order valence-corrected chi connectivity index (χ3v) is 3.39. The number of hydrogen-bond donors (Lipinski definition) is 2. The van der Waals surface area contributed by atoms with Crippen LogP contribution in [0, 0.1) is 6.92 Å². The highest BCUT2D eigenvalue weighted by molar-refractivity contribution is 5.90. The Labute approximate surface area is 122 Å². The van der Waals surface area contributed by atoms with Crippen molar-refractivity contribution in [2.24, 2.45) is 0 Å². The van der Waals surface area contributed by atoms with Crippen molar-refractivity contribution in [1.82, 2.24) is 30.5 Å². The van der Waals surface area contributed by atoms with E-state index in [0.29, 0.717) is 18.3 Å². The first-order valence-corrected chi connectivity index (χ1v) is 6.94. The van der Waals surface area contributed by atoms with Crippen LogP contribution < -0.4 is 10.2 Å². The van der Waals surface area contributed by atoms with E-state index < -0.39 is 0 Å². The van der Waals surface area contributed by atoms with E-state index in [-0.39, 0.29) is 17.8 Å². The first-order valence-electron chi connectivity index (χ1n) is 6.94. The molecule has 1 aliphatic heterocycles. The molecule has 2 aromatic heterocycles. The largest absolute Gasteiger partial charge is 0.345 e. The fourth-order valence-electron chi connectivity index (χ4n) is 2.43. The molecule has 1 unspecified atom stereocenters. The zero-order chi connectivity index (χ0) is 14.7. The monoisotopic (exact) mass is 287 g/mol. The number of H-pyrrole nitrogens is 1. The van der Waals surface area contributed by atoms with Gasteiger partial charge in [0.1, 0.15) is 5.82 Å². The Morgan fingerprint density at radius 1 is 1.43 bits per heavy atom. The maximum atomic E-state index is 12.1. The maximum Gasteiger partial charge on any atom is 0.291 e. The van der Waals surface area contributed by atoms with Gasteiger partial charge in [0, 0.05) is 31.5 Å². The molecule has 1 saturated heterocycles. The lowest BCUT2D eigenvalue weighted by Gasteiger charge is -2.32. The summed E-state index contributed by atoms with van der Waals surface area (Å²) in [7, 11) is 0. The normalized spacial score (nSPS) is 18.5. The molecular weight excluding hydrogens is 270 g/mol. The van der Waals surface area contributed by atoms with E-state index in [4.69, 9.17) is 0 Å². The van der Waals surface area contributed by atoms with E-state index in [1.54, 1.807) is 25.4 Å². The molecule has 0 radical (unpaired) electrons. The van der Waals surface area contributed by atoms with Crippen molar-refractivity contribution in [3.05, 3.63) is 30.1 Å². The number of nitrogens with one attached hydrogen (secondary N) is 2. The molecule has 0 aromatic carbocycles. The van der Waals surface area contributed by atoms with Gasteiger partial charge in [-0.25, -0.2) is 15.0 Å². The van der Waals surface area contributed by atoms with E-state index in [2.05, 4.69) is 35.4 Å². The summed E-state index contributed by atoms with van der Waals surface area (Å²) in [6.45, 7) is 3.36. The minimum atomic E-state index is -0.250. The summed E-state index contributed by atoms with van der Waals surface area (Å²) in [5, 5.41) is 9.51. The fraction of sp³-hybridized carbons (Fsp3) is 0.462. The summed E-state index contributed by atoms with van der Waals surface area (Å²) in [6, 6.07) is 1.84. The highest BCUT2D eigenvalue weighted by Crippen LogP contribution is 2.15. The van der Waals surface area contributed by atoms with Gasteiger partial charge in [-0.15, -0.1) is 5.10 Å². The van der Waals surface area contributed by atoms with Crippen LogP contribution in [-0.2, 0) is 0 Å². The van der Waals surface area contributed by atoms with Crippen molar-refractivity contribution in [1.29, 1.82) is 0 Å². The van der Waals surface area contributed by atoms with Gasteiger partial charge < -0.3 is 10.2 Å². The van der Waals surface area contributed by atoms with E-state index in [0.717, 1.165) is 19.4 Å². The van der Waals surface area contributed by atoms with E-state index >= 15 is 0 Å². The summed E-state index contributed by atoms with van der Waals surface area (Å²) in [6.07, 6.45) is 5.36. The molecule has 3 heterocycles. The van der Waals surface area contributed by atoms with E-state index in [1.165, 1.54) is 0 Å². The highest BCUT2D eigenvalue weighted by atomic mass is 16.2. The summed E-state index contributed by atoms with van der Waals surface area (Å²) < 4.78 is 0.